The number of phenols is 1. The van der Waals surface area contributed by atoms with Gasteiger partial charge in [0, 0.05) is 12.2 Å². The zero-order valence-electron chi connectivity index (χ0n) is 9.82. The fourth-order valence-electron chi connectivity index (χ4n) is 1.59. The molecule has 0 aliphatic heterocycles. The number of nitrogens with one attached hydrogen (secondary N) is 1. The first-order valence-corrected chi connectivity index (χ1v) is 7.09. The van der Waals surface area contributed by atoms with Gasteiger partial charge in [-0.05, 0) is 73.8 Å². The van der Waals surface area contributed by atoms with Gasteiger partial charge in [0.1, 0.15) is 5.75 Å². The fourth-order valence-corrected chi connectivity index (χ4v) is 2.87. The van der Waals surface area contributed by atoms with Crippen molar-refractivity contribution in [1.29, 1.82) is 5.26 Å². The summed E-state index contributed by atoms with van der Waals surface area (Å²) in [6.45, 7) is 0.628. The second kappa shape index (κ2) is 6.09. The van der Waals surface area contributed by atoms with E-state index in [1.54, 1.807) is 12.1 Å². The van der Waals surface area contributed by atoms with E-state index in [0.717, 1.165) is 11.3 Å². The maximum absolute atomic E-state index is 9.63. The van der Waals surface area contributed by atoms with E-state index < -0.39 is 0 Å². The van der Waals surface area contributed by atoms with Crippen LogP contribution in [0.1, 0.15) is 11.1 Å². The van der Waals surface area contributed by atoms with E-state index in [1.165, 1.54) is 0 Å². The zero-order chi connectivity index (χ0) is 13.8. The number of halogens is 2. The van der Waals surface area contributed by atoms with Crippen molar-refractivity contribution in [3.05, 3.63) is 56.5 Å². The molecule has 2 aromatic rings. The first-order chi connectivity index (χ1) is 9.10. The molecule has 0 aliphatic rings. The van der Waals surface area contributed by atoms with Gasteiger partial charge in [0.15, 0.2) is 0 Å². The van der Waals surface area contributed by atoms with Crippen LogP contribution >= 0.6 is 31.9 Å². The molecule has 0 spiro atoms. The predicted octanol–water partition coefficient (Wildman–Crippen LogP) is 4.40. The molecular weight excluding hydrogens is 372 g/mol. The van der Waals surface area contributed by atoms with Crippen LogP contribution < -0.4 is 5.32 Å². The molecule has 2 aromatic carbocycles. The molecular formula is C14H10Br2N2O. The highest BCUT2D eigenvalue weighted by Gasteiger charge is 2.05. The lowest BCUT2D eigenvalue weighted by molar-refractivity contribution is 0.468. The third-order valence-corrected chi connectivity index (χ3v) is 3.80. The highest BCUT2D eigenvalue weighted by Crippen LogP contribution is 2.33. The Bertz CT molecular complexity index is 610. The van der Waals surface area contributed by atoms with E-state index in [1.807, 2.05) is 24.3 Å². The Kier molecular flexibility index (Phi) is 4.46. The number of aromatic hydroxyl groups is 1. The van der Waals surface area contributed by atoms with Crippen LogP contribution in [0.4, 0.5) is 5.69 Å². The van der Waals surface area contributed by atoms with Gasteiger partial charge in [-0.25, -0.2) is 0 Å². The molecule has 0 bridgehead atoms. The maximum Gasteiger partial charge on any atom is 0.143 e. The van der Waals surface area contributed by atoms with Crippen molar-refractivity contribution >= 4 is 37.5 Å². The minimum absolute atomic E-state index is 0.196. The standard InChI is InChI=1S/C14H10Br2N2O/c15-12-5-10(6-13(16)14(12)19)8-18-11-3-1-9(7-17)2-4-11/h1-6,18-19H,8H2. The van der Waals surface area contributed by atoms with Gasteiger partial charge in [0.25, 0.3) is 0 Å². The Morgan fingerprint density at radius 1 is 1.11 bits per heavy atom. The second-order valence-corrected chi connectivity index (χ2v) is 5.66. The summed E-state index contributed by atoms with van der Waals surface area (Å²) >= 11 is 6.60. The van der Waals surface area contributed by atoms with Gasteiger partial charge in [0.2, 0.25) is 0 Å². The quantitative estimate of drug-likeness (QED) is 0.828. The van der Waals surface area contributed by atoms with Crippen molar-refractivity contribution in [3.8, 4) is 11.8 Å². The van der Waals surface area contributed by atoms with Crippen LogP contribution in [0.3, 0.4) is 0 Å². The molecule has 0 amide bonds. The molecule has 2 rings (SSSR count). The first kappa shape index (κ1) is 13.9. The SMILES string of the molecule is N#Cc1ccc(NCc2cc(Br)c(O)c(Br)c2)cc1. The average Bonchev–Trinajstić information content (AvgIpc) is 2.43. The lowest BCUT2D eigenvalue weighted by atomic mass is 10.2. The van der Waals surface area contributed by atoms with E-state index >= 15 is 0 Å². The van der Waals surface area contributed by atoms with E-state index in [4.69, 9.17) is 5.26 Å². The van der Waals surface area contributed by atoms with Crippen LogP contribution in [0, 0.1) is 11.3 Å². The van der Waals surface area contributed by atoms with Gasteiger partial charge in [-0.15, -0.1) is 0 Å². The van der Waals surface area contributed by atoms with E-state index in [2.05, 4.69) is 43.2 Å². The largest absolute Gasteiger partial charge is 0.506 e. The summed E-state index contributed by atoms with van der Waals surface area (Å²) in [7, 11) is 0. The monoisotopic (exact) mass is 380 g/mol. The third kappa shape index (κ3) is 3.49. The van der Waals surface area contributed by atoms with Gasteiger partial charge >= 0.3 is 0 Å². The van der Waals surface area contributed by atoms with Crippen LogP contribution in [0.2, 0.25) is 0 Å². The van der Waals surface area contributed by atoms with Crippen LogP contribution in [0.25, 0.3) is 0 Å². The highest BCUT2D eigenvalue weighted by molar-refractivity contribution is 9.11. The summed E-state index contributed by atoms with van der Waals surface area (Å²) < 4.78 is 1.30. The Hall–Kier alpha value is -1.51. The van der Waals surface area contributed by atoms with Gasteiger partial charge in [-0.1, -0.05) is 0 Å². The number of nitrogens with zero attached hydrogens (tertiary/aromatic N) is 1. The first-order valence-electron chi connectivity index (χ1n) is 5.51. The molecule has 3 nitrogen and oxygen atoms in total. The number of hydrogen-bond acceptors (Lipinski definition) is 3. The number of nitriles is 1. The van der Waals surface area contributed by atoms with E-state index in [-0.39, 0.29) is 5.75 Å². The second-order valence-electron chi connectivity index (χ2n) is 3.95. The molecule has 2 N–H and O–H groups in total. The van der Waals surface area contributed by atoms with E-state index in [0.29, 0.717) is 21.1 Å². The van der Waals surface area contributed by atoms with Gasteiger partial charge in [-0.3, -0.25) is 0 Å². The summed E-state index contributed by atoms with van der Waals surface area (Å²) in [4.78, 5) is 0. The molecule has 5 heteroatoms. The van der Waals surface area contributed by atoms with Crippen LogP contribution in [0.5, 0.6) is 5.75 Å². The molecule has 0 heterocycles. The highest BCUT2D eigenvalue weighted by atomic mass is 79.9. The summed E-state index contributed by atoms with van der Waals surface area (Å²) in [5.74, 6) is 0.196. The summed E-state index contributed by atoms with van der Waals surface area (Å²) in [6.07, 6.45) is 0. The van der Waals surface area contributed by atoms with Crippen LogP contribution in [-0.2, 0) is 6.54 Å². The average molecular weight is 382 g/mol. The van der Waals surface area contributed by atoms with Crippen molar-refractivity contribution < 1.29 is 5.11 Å². The number of rotatable bonds is 3. The molecule has 19 heavy (non-hydrogen) atoms. The zero-order valence-corrected chi connectivity index (χ0v) is 13.0. The molecule has 0 aliphatic carbocycles. The lowest BCUT2D eigenvalue weighted by Crippen LogP contribution is -1.99. The Morgan fingerprint density at radius 2 is 1.68 bits per heavy atom. The van der Waals surface area contributed by atoms with Crippen molar-refractivity contribution in [3.63, 3.8) is 0 Å². The number of hydrogen-bond donors (Lipinski definition) is 2. The Morgan fingerprint density at radius 3 is 2.21 bits per heavy atom. The molecule has 0 fully saturated rings. The normalized spacial score (nSPS) is 9.95. The molecule has 0 unspecified atom stereocenters. The van der Waals surface area contributed by atoms with Crippen LogP contribution in [-0.4, -0.2) is 5.11 Å². The maximum atomic E-state index is 9.63. The minimum atomic E-state index is 0.196. The molecule has 0 aromatic heterocycles. The molecule has 0 radical (unpaired) electrons. The molecule has 0 saturated carbocycles. The lowest BCUT2D eigenvalue weighted by Gasteiger charge is -2.09. The van der Waals surface area contributed by atoms with Gasteiger partial charge < -0.3 is 10.4 Å². The topological polar surface area (TPSA) is 56.0 Å². The van der Waals surface area contributed by atoms with E-state index in [9.17, 15) is 5.11 Å². The predicted molar refractivity (Wildman–Crippen MR) is 82.0 cm³/mol. The molecule has 0 atom stereocenters. The number of benzene rings is 2. The fraction of sp³-hybridized carbons (Fsp3) is 0.0714. The summed E-state index contributed by atoms with van der Waals surface area (Å²) in [6, 6.07) is 13.1. The third-order valence-electron chi connectivity index (χ3n) is 2.59. The number of anilines is 1. The minimum Gasteiger partial charge on any atom is -0.506 e. The number of phenolic OH excluding ortho intramolecular Hbond substituents is 1. The van der Waals surface area contributed by atoms with Gasteiger partial charge in [0.05, 0.1) is 20.6 Å². The van der Waals surface area contributed by atoms with Crippen molar-refractivity contribution in [1.82, 2.24) is 0 Å². The van der Waals surface area contributed by atoms with Crippen LogP contribution in [0.15, 0.2) is 45.3 Å². The molecule has 0 saturated heterocycles. The Balaban J connectivity index is 2.08. The van der Waals surface area contributed by atoms with Crippen molar-refractivity contribution in [2.24, 2.45) is 0 Å². The smallest absolute Gasteiger partial charge is 0.143 e. The summed E-state index contributed by atoms with van der Waals surface area (Å²) in [5.41, 5.74) is 2.61. The molecule has 96 valence electrons. The van der Waals surface area contributed by atoms with Crippen molar-refractivity contribution in [2.45, 2.75) is 6.54 Å². The van der Waals surface area contributed by atoms with Gasteiger partial charge in [-0.2, -0.15) is 5.26 Å². The summed E-state index contributed by atoms with van der Waals surface area (Å²) in [5, 5.41) is 21.6. The van der Waals surface area contributed by atoms with Crippen molar-refractivity contribution in [2.75, 3.05) is 5.32 Å². The Labute approximate surface area is 128 Å².